The summed E-state index contributed by atoms with van der Waals surface area (Å²) in [5.74, 6) is 4.24. The zero-order valence-corrected chi connectivity index (χ0v) is 19.7. The highest BCUT2D eigenvalue weighted by Crippen LogP contribution is 2.67. The van der Waals surface area contributed by atoms with Crippen molar-refractivity contribution in [1.82, 2.24) is 0 Å². The van der Waals surface area contributed by atoms with Crippen LogP contribution in [0.1, 0.15) is 105 Å². The maximum atomic E-state index is 10.2. The fourth-order valence-corrected chi connectivity index (χ4v) is 8.67. The van der Waals surface area contributed by atoms with Gasteiger partial charge in [-0.2, -0.15) is 0 Å². The molecule has 0 bridgehead atoms. The van der Waals surface area contributed by atoms with Crippen LogP contribution in [0.5, 0.6) is 0 Å². The monoisotopic (exact) mass is 402 g/mol. The summed E-state index contributed by atoms with van der Waals surface area (Å²) in [5, 5.41) is 20.3. The fourth-order valence-electron chi connectivity index (χ4n) is 8.67. The maximum Gasteiger partial charge on any atom is 0.0591 e. The van der Waals surface area contributed by atoms with Crippen LogP contribution in [0.4, 0.5) is 0 Å². The van der Waals surface area contributed by atoms with Crippen molar-refractivity contribution in [2.24, 2.45) is 40.4 Å². The van der Waals surface area contributed by atoms with E-state index < -0.39 is 5.60 Å². The van der Waals surface area contributed by atoms with Crippen LogP contribution in [0.2, 0.25) is 0 Å². The summed E-state index contributed by atoms with van der Waals surface area (Å²) < 4.78 is 0. The van der Waals surface area contributed by atoms with Gasteiger partial charge in [-0.05, 0) is 112 Å². The number of hydrogen-bond acceptors (Lipinski definition) is 2. The summed E-state index contributed by atoms with van der Waals surface area (Å²) in [6.07, 6.45) is 15.9. The Hall–Kier alpha value is -0.340. The Morgan fingerprint density at radius 3 is 2.59 bits per heavy atom. The third-order valence-corrected chi connectivity index (χ3v) is 10.3. The lowest BCUT2D eigenvalue weighted by Crippen LogP contribution is -2.50. The molecule has 29 heavy (non-hydrogen) atoms. The molecular formula is C27H46O2. The Labute approximate surface area is 179 Å². The summed E-state index contributed by atoms with van der Waals surface area (Å²) in [6.45, 7) is 11.6. The van der Waals surface area contributed by atoms with Gasteiger partial charge in [0.1, 0.15) is 0 Å². The molecule has 0 spiro atoms. The Morgan fingerprint density at radius 2 is 1.86 bits per heavy atom. The molecule has 0 heterocycles. The number of rotatable bonds is 5. The zero-order valence-electron chi connectivity index (χ0n) is 19.7. The maximum absolute atomic E-state index is 10.2. The van der Waals surface area contributed by atoms with E-state index in [1.807, 2.05) is 13.8 Å². The first-order valence-electron chi connectivity index (χ1n) is 12.6. The molecule has 0 aromatic heterocycles. The van der Waals surface area contributed by atoms with E-state index >= 15 is 0 Å². The van der Waals surface area contributed by atoms with Gasteiger partial charge in [-0.15, -0.1) is 0 Å². The van der Waals surface area contributed by atoms with E-state index in [-0.39, 0.29) is 6.10 Å². The molecule has 4 rings (SSSR count). The van der Waals surface area contributed by atoms with Gasteiger partial charge in [0.05, 0.1) is 11.7 Å². The fraction of sp³-hybridized carbons (Fsp3) is 0.926. The molecule has 3 fully saturated rings. The predicted octanol–water partition coefficient (Wildman–Crippen LogP) is 6.50. The van der Waals surface area contributed by atoms with Crippen LogP contribution >= 0.6 is 0 Å². The Kier molecular flexibility index (Phi) is 5.78. The Morgan fingerprint density at radius 1 is 1.10 bits per heavy atom. The topological polar surface area (TPSA) is 40.5 Å². The van der Waals surface area contributed by atoms with E-state index in [0.717, 1.165) is 55.3 Å². The van der Waals surface area contributed by atoms with E-state index in [0.29, 0.717) is 10.8 Å². The molecular weight excluding hydrogens is 356 g/mol. The highest BCUT2D eigenvalue weighted by molar-refractivity contribution is 5.25. The van der Waals surface area contributed by atoms with Crippen molar-refractivity contribution in [3.63, 3.8) is 0 Å². The normalized spacial score (nSPS) is 45.8. The molecule has 6 unspecified atom stereocenters. The van der Waals surface area contributed by atoms with E-state index in [1.54, 1.807) is 5.57 Å². The van der Waals surface area contributed by atoms with Gasteiger partial charge in [-0.25, -0.2) is 0 Å². The minimum Gasteiger partial charge on any atom is -0.393 e. The standard InChI is InChI=1S/C27H46O2/c1-18(7-6-14-25(2,3)29)22-10-11-23-21-9-8-19-17-20(28)12-15-26(19,4)24(21)13-16-27(22,23)5/h8,18,20-24,28-29H,6-7,9-17H2,1-5H3/t18?,20?,21?,22?,23?,24?,26-,27+/m0/s1. The van der Waals surface area contributed by atoms with Gasteiger partial charge in [-0.1, -0.05) is 45.3 Å². The second-order valence-electron chi connectivity index (χ2n) is 12.6. The van der Waals surface area contributed by atoms with Crippen molar-refractivity contribution in [1.29, 1.82) is 0 Å². The van der Waals surface area contributed by atoms with E-state index in [4.69, 9.17) is 0 Å². The second kappa shape index (κ2) is 7.66. The van der Waals surface area contributed by atoms with Gasteiger partial charge in [0.15, 0.2) is 0 Å². The van der Waals surface area contributed by atoms with Gasteiger partial charge in [0.2, 0.25) is 0 Å². The second-order valence-corrected chi connectivity index (χ2v) is 12.6. The molecule has 0 saturated heterocycles. The highest BCUT2D eigenvalue weighted by Gasteiger charge is 2.59. The molecule has 2 heteroatoms. The smallest absolute Gasteiger partial charge is 0.0591 e. The molecule has 0 aromatic carbocycles. The Bertz CT molecular complexity index is 631. The van der Waals surface area contributed by atoms with Crippen LogP contribution in [0.25, 0.3) is 0 Å². The average Bonchev–Trinajstić information content (AvgIpc) is 2.98. The first kappa shape index (κ1) is 21.9. The number of fused-ring (bicyclic) bond motifs is 5. The molecule has 4 aliphatic carbocycles. The summed E-state index contributed by atoms with van der Waals surface area (Å²) in [7, 11) is 0. The molecule has 0 radical (unpaired) electrons. The van der Waals surface area contributed by atoms with Crippen molar-refractivity contribution in [3.8, 4) is 0 Å². The van der Waals surface area contributed by atoms with Crippen LogP contribution in [-0.2, 0) is 0 Å². The van der Waals surface area contributed by atoms with Gasteiger partial charge in [0.25, 0.3) is 0 Å². The summed E-state index contributed by atoms with van der Waals surface area (Å²) in [6, 6.07) is 0. The number of hydrogen-bond donors (Lipinski definition) is 2. The van der Waals surface area contributed by atoms with Gasteiger partial charge >= 0.3 is 0 Å². The molecule has 2 nitrogen and oxygen atoms in total. The third kappa shape index (κ3) is 3.86. The molecule has 2 N–H and O–H groups in total. The highest BCUT2D eigenvalue weighted by atomic mass is 16.3. The lowest BCUT2D eigenvalue weighted by Gasteiger charge is -2.58. The summed E-state index contributed by atoms with van der Waals surface area (Å²) >= 11 is 0. The first-order valence-corrected chi connectivity index (χ1v) is 12.6. The number of aliphatic hydroxyl groups is 2. The average molecular weight is 403 g/mol. The van der Waals surface area contributed by atoms with Gasteiger partial charge < -0.3 is 10.2 Å². The lowest BCUT2D eigenvalue weighted by molar-refractivity contribution is -0.0575. The summed E-state index contributed by atoms with van der Waals surface area (Å²) in [5.41, 5.74) is 1.95. The molecule has 3 saturated carbocycles. The van der Waals surface area contributed by atoms with Gasteiger partial charge in [0, 0.05) is 0 Å². The minimum atomic E-state index is -0.519. The van der Waals surface area contributed by atoms with Crippen LogP contribution in [0.3, 0.4) is 0 Å². The van der Waals surface area contributed by atoms with Crippen molar-refractivity contribution < 1.29 is 10.2 Å². The molecule has 4 aliphatic rings. The zero-order chi connectivity index (χ0) is 21.0. The van der Waals surface area contributed by atoms with Crippen LogP contribution in [0, 0.1) is 40.4 Å². The third-order valence-electron chi connectivity index (χ3n) is 10.3. The molecule has 0 aliphatic heterocycles. The van der Waals surface area contributed by atoms with E-state index in [1.165, 1.54) is 44.9 Å². The van der Waals surface area contributed by atoms with Gasteiger partial charge in [-0.3, -0.25) is 0 Å². The SMILES string of the molecule is CC(CCCC(C)(C)O)C1CCC2C3CC=C4CC(O)CC[C@]4(C)C3CC[C@]12C. The lowest BCUT2D eigenvalue weighted by atomic mass is 9.47. The first-order chi connectivity index (χ1) is 13.5. The Balaban J connectivity index is 1.47. The predicted molar refractivity (Wildman–Crippen MR) is 121 cm³/mol. The van der Waals surface area contributed by atoms with Crippen LogP contribution in [0.15, 0.2) is 11.6 Å². The number of allylic oxidation sites excluding steroid dienone is 1. The van der Waals surface area contributed by atoms with Crippen molar-refractivity contribution in [2.45, 2.75) is 117 Å². The molecule has 0 amide bonds. The largest absolute Gasteiger partial charge is 0.393 e. The molecule has 8 atom stereocenters. The van der Waals surface area contributed by atoms with Crippen molar-refractivity contribution in [2.75, 3.05) is 0 Å². The van der Waals surface area contributed by atoms with Crippen molar-refractivity contribution in [3.05, 3.63) is 11.6 Å². The van der Waals surface area contributed by atoms with Crippen LogP contribution in [-0.4, -0.2) is 21.9 Å². The quantitative estimate of drug-likeness (QED) is 0.515. The summed E-state index contributed by atoms with van der Waals surface area (Å²) in [4.78, 5) is 0. The van der Waals surface area contributed by atoms with Crippen LogP contribution < -0.4 is 0 Å². The molecule has 0 aromatic rings. The number of aliphatic hydroxyl groups excluding tert-OH is 1. The minimum absolute atomic E-state index is 0.0969. The van der Waals surface area contributed by atoms with E-state index in [9.17, 15) is 10.2 Å². The molecule has 166 valence electrons. The van der Waals surface area contributed by atoms with Crippen molar-refractivity contribution >= 4 is 0 Å². The van der Waals surface area contributed by atoms with E-state index in [2.05, 4.69) is 26.8 Å².